The predicted octanol–water partition coefficient (Wildman–Crippen LogP) is 3.29. The van der Waals surface area contributed by atoms with Gasteiger partial charge in [0.25, 0.3) is 0 Å². The van der Waals surface area contributed by atoms with Crippen LogP contribution in [-0.4, -0.2) is 24.3 Å². The molecule has 0 amide bonds. The average Bonchev–Trinajstić information content (AvgIpc) is 2.89. The summed E-state index contributed by atoms with van der Waals surface area (Å²) in [5, 5.41) is 0. The van der Waals surface area contributed by atoms with Crippen LogP contribution in [0.4, 0.5) is 0 Å². The van der Waals surface area contributed by atoms with Crippen LogP contribution in [-0.2, 0) is 6.54 Å². The maximum absolute atomic E-state index is 12.1. The Balaban J connectivity index is 1.85. The fourth-order valence-electron chi connectivity index (χ4n) is 2.06. The number of furan rings is 1. The molecule has 2 aromatic rings. The van der Waals surface area contributed by atoms with Crippen LogP contribution in [0.3, 0.4) is 0 Å². The zero-order valence-corrected chi connectivity index (χ0v) is 11.4. The highest BCUT2D eigenvalue weighted by Gasteiger charge is 2.10. The van der Waals surface area contributed by atoms with Gasteiger partial charge in [0, 0.05) is 18.5 Å². The van der Waals surface area contributed by atoms with Gasteiger partial charge in [0.05, 0.1) is 12.8 Å². The normalized spacial score (nSPS) is 10.9. The lowest BCUT2D eigenvalue weighted by molar-refractivity contribution is 0.0966. The van der Waals surface area contributed by atoms with Gasteiger partial charge in [-0.05, 0) is 31.7 Å². The quantitative estimate of drug-likeness (QED) is 0.744. The first kappa shape index (κ1) is 13.6. The third kappa shape index (κ3) is 3.80. The lowest BCUT2D eigenvalue weighted by Gasteiger charge is -2.14. The van der Waals surface area contributed by atoms with Gasteiger partial charge in [0.2, 0.25) is 0 Å². The van der Waals surface area contributed by atoms with E-state index in [4.69, 9.17) is 4.42 Å². The molecule has 0 atom stereocenters. The Morgan fingerprint density at radius 3 is 2.68 bits per heavy atom. The van der Waals surface area contributed by atoms with Gasteiger partial charge in [0.1, 0.15) is 5.76 Å². The first-order chi connectivity index (χ1) is 9.16. The number of carbonyl (C=O) groups excluding carboxylic acids is 1. The fraction of sp³-hybridized carbons (Fsp3) is 0.312. The molecule has 19 heavy (non-hydrogen) atoms. The number of nitrogens with zero attached hydrogens (tertiary/aromatic N) is 1. The SMILES string of the molecule is Cc1ccccc1C(=O)CCN(C)Cc1ccco1. The van der Waals surface area contributed by atoms with Gasteiger partial charge in [-0.3, -0.25) is 9.69 Å². The molecule has 0 saturated heterocycles. The maximum Gasteiger partial charge on any atom is 0.164 e. The van der Waals surface area contributed by atoms with Gasteiger partial charge in [-0.2, -0.15) is 0 Å². The molecular formula is C16H19NO2. The minimum absolute atomic E-state index is 0.199. The van der Waals surface area contributed by atoms with E-state index in [2.05, 4.69) is 4.90 Å². The third-order valence-electron chi connectivity index (χ3n) is 3.17. The van der Waals surface area contributed by atoms with Crippen LogP contribution in [0.15, 0.2) is 47.1 Å². The van der Waals surface area contributed by atoms with Crippen molar-refractivity contribution in [2.24, 2.45) is 0 Å². The molecule has 1 heterocycles. The Labute approximate surface area is 113 Å². The molecule has 1 aromatic carbocycles. The summed E-state index contributed by atoms with van der Waals surface area (Å²) in [6.07, 6.45) is 2.20. The summed E-state index contributed by atoms with van der Waals surface area (Å²) in [6.45, 7) is 3.43. The van der Waals surface area contributed by atoms with Crippen molar-refractivity contribution < 1.29 is 9.21 Å². The number of benzene rings is 1. The van der Waals surface area contributed by atoms with Crippen LogP contribution in [0.5, 0.6) is 0 Å². The van der Waals surface area contributed by atoms with Crippen molar-refractivity contribution in [3.63, 3.8) is 0 Å². The number of rotatable bonds is 6. The lowest BCUT2D eigenvalue weighted by Crippen LogP contribution is -2.21. The first-order valence-corrected chi connectivity index (χ1v) is 6.46. The van der Waals surface area contributed by atoms with Gasteiger partial charge in [0.15, 0.2) is 5.78 Å². The van der Waals surface area contributed by atoms with Crippen molar-refractivity contribution in [2.75, 3.05) is 13.6 Å². The van der Waals surface area contributed by atoms with Gasteiger partial charge >= 0.3 is 0 Å². The molecule has 0 unspecified atom stereocenters. The largest absolute Gasteiger partial charge is 0.468 e. The lowest BCUT2D eigenvalue weighted by atomic mass is 10.0. The van der Waals surface area contributed by atoms with Crippen LogP contribution in [0, 0.1) is 6.92 Å². The van der Waals surface area contributed by atoms with E-state index >= 15 is 0 Å². The van der Waals surface area contributed by atoms with Crippen LogP contribution >= 0.6 is 0 Å². The van der Waals surface area contributed by atoms with Crippen molar-refractivity contribution >= 4 is 5.78 Å². The van der Waals surface area contributed by atoms with Crippen molar-refractivity contribution in [3.05, 3.63) is 59.5 Å². The molecule has 0 aliphatic rings. The van der Waals surface area contributed by atoms with Crippen LogP contribution in [0.2, 0.25) is 0 Å². The third-order valence-corrected chi connectivity index (χ3v) is 3.17. The molecular weight excluding hydrogens is 238 g/mol. The Bertz CT molecular complexity index is 531. The summed E-state index contributed by atoms with van der Waals surface area (Å²) >= 11 is 0. The Morgan fingerprint density at radius 1 is 1.21 bits per heavy atom. The van der Waals surface area contributed by atoms with E-state index in [1.54, 1.807) is 6.26 Å². The first-order valence-electron chi connectivity index (χ1n) is 6.46. The standard InChI is InChI=1S/C16H19NO2/c1-13-6-3-4-8-15(13)16(18)9-10-17(2)12-14-7-5-11-19-14/h3-8,11H,9-10,12H2,1-2H3. The predicted molar refractivity (Wildman–Crippen MR) is 75.2 cm³/mol. The summed E-state index contributed by atoms with van der Waals surface area (Å²) < 4.78 is 5.29. The zero-order chi connectivity index (χ0) is 13.7. The van der Waals surface area contributed by atoms with Crippen molar-refractivity contribution in [3.8, 4) is 0 Å². The van der Waals surface area contributed by atoms with E-state index < -0.39 is 0 Å². The molecule has 0 aliphatic heterocycles. The fourth-order valence-corrected chi connectivity index (χ4v) is 2.06. The number of ketones is 1. The summed E-state index contributed by atoms with van der Waals surface area (Å²) in [5.74, 6) is 1.12. The Kier molecular flexibility index (Phi) is 4.53. The molecule has 0 fully saturated rings. The molecule has 2 rings (SSSR count). The van der Waals surface area contributed by atoms with Crippen molar-refractivity contribution in [1.29, 1.82) is 0 Å². The van der Waals surface area contributed by atoms with Crippen LogP contribution in [0.25, 0.3) is 0 Å². The van der Waals surface area contributed by atoms with E-state index in [0.29, 0.717) is 6.42 Å². The highest BCUT2D eigenvalue weighted by atomic mass is 16.3. The maximum atomic E-state index is 12.1. The van der Waals surface area contributed by atoms with E-state index in [1.165, 1.54) is 0 Å². The summed E-state index contributed by atoms with van der Waals surface area (Å²) in [4.78, 5) is 14.2. The number of Topliss-reactive ketones (excluding diaryl/α,β-unsaturated/α-hetero) is 1. The van der Waals surface area contributed by atoms with E-state index in [9.17, 15) is 4.79 Å². The van der Waals surface area contributed by atoms with Gasteiger partial charge < -0.3 is 4.42 Å². The molecule has 3 heteroatoms. The topological polar surface area (TPSA) is 33.5 Å². The van der Waals surface area contributed by atoms with E-state index in [-0.39, 0.29) is 5.78 Å². The smallest absolute Gasteiger partial charge is 0.164 e. The molecule has 0 bridgehead atoms. The summed E-state index contributed by atoms with van der Waals surface area (Å²) in [7, 11) is 1.99. The van der Waals surface area contributed by atoms with E-state index in [1.807, 2.05) is 50.4 Å². The van der Waals surface area contributed by atoms with Crippen molar-refractivity contribution in [2.45, 2.75) is 19.9 Å². The molecule has 3 nitrogen and oxygen atoms in total. The second kappa shape index (κ2) is 6.34. The zero-order valence-electron chi connectivity index (χ0n) is 11.4. The molecule has 0 radical (unpaired) electrons. The molecule has 0 spiro atoms. The molecule has 100 valence electrons. The molecule has 0 N–H and O–H groups in total. The highest BCUT2D eigenvalue weighted by Crippen LogP contribution is 2.11. The second-order valence-corrected chi connectivity index (χ2v) is 4.81. The molecule has 0 aliphatic carbocycles. The summed E-state index contributed by atoms with van der Waals surface area (Å²) in [6, 6.07) is 11.5. The van der Waals surface area contributed by atoms with E-state index in [0.717, 1.165) is 30.0 Å². The minimum Gasteiger partial charge on any atom is -0.468 e. The highest BCUT2D eigenvalue weighted by molar-refractivity contribution is 5.97. The number of hydrogen-bond acceptors (Lipinski definition) is 3. The molecule has 0 saturated carbocycles. The average molecular weight is 257 g/mol. The van der Waals surface area contributed by atoms with Gasteiger partial charge in [-0.15, -0.1) is 0 Å². The minimum atomic E-state index is 0.199. The number of aryl methyl sites for hydroxylation is 1. The van der Waals surface area contributed by atoms with Crippen LogP contribution < -0.4 is 0 Å². The Morgan fingerprint density at radius 2 is 2.00 bits per heavy atom. The Hall–Kier alpha value is -1.87. The van der Waals surface area contributed by atoms with Crippen LogP contribution in [0.1, 0.15) is 28.1 Å². The number of hydrogen-bond donors (Lipinski definition) is 0. The van der Waals surface area contributed by atoms with Gasteiger partial charge in [-0.25, -0.2) is 0 Å². The second-order valence-electron chi connectivity index (χ2n) is 4.81. The number of carbonyl (C=O) groups is 1. The van der Waals surface area contributed by atoms with Crippen molar-refractivity contribution in [1.82, 2.24) is 4.90 Å². The van der Waals surface area contributed by atoms with Gasteiger partial charge in [-0.1, -0.05) is 24.3 Å². The molecule has 1 aromatic heterocycles. The monoisotopic (exact) mass is 257 g/mol. The summed E-state index contributed by atoms with van der Waals surface area (Å²) in [5.41, 5.74) is 1.87.